The van der Waals surface area contributed by atoms with E-state index in [4.69, 9.17) is 9.47 Å². The zero-order valence-electron chi connectivity index (χ0n) is 14.7. The molecule has 0 aliphatic heterocycles. The van der Waals surface area contributed by atoms with Crippen LogP contribution in [0.4, 0.5) is 0 Å². The van der Waals surface area contributed by atoms with E-state index in [1.807, 2.05) is 0 Å². The van der Waals surface area contributed by atoms with E-state index >= 15 is 0 Å². The minimum atomic E-state index is -1.03. The number of esters is 4. The largest absolute Gasteiger partial charge is 0.466 e. The lowest BCUT2D eigenvalue weighted by molar-refractivity contribution is -0.140. The molecule has 0 saturated carbocycles. The highest BCUT2D eigenvalue weighted by atomic mass is 16.5. The van der Waals surface area contributed by atoms with Gasteiger partial charge >= 0.3 is 23.9 Å². The molecule has 0 amide bonds. The highest BCUT2D eigenvalue weighted by molar-refractivity contribution is 6.27. The molecule has 0 spiro atoms. The summed E-state index contributed by atoms with van der Waals surface area (Å²) in [7, 11) is 4.33. The van der Waals surface area contributed by atoms with Crippen LogP contribution in [0.2, 0.25) is 0 Å². The zero-order valence-corrected chi connectivity index (χ0v) is 14.7. The highest BCUT2D eigenvalue weighted by Gasteiger charge is 2.31. The Morgan fingerprint density at radius 3 is 1.73 bits per heavy atom. The van der Waals surface area contributed by atoms with Crippen molar-refractivity contribution in [1.29, 1.82) is 0 Å². The number of benzene rings is 1. The first-order chi connectivity index (χ1) is 12.4. The SMILES string of the molecule is COC(=O)C=C(C(=O)OC)/C(C(=O)OC)=C(/C(=O)OC)c1ccccc1. The van der Waals surface area contributed by atoms with Crippen molar-refractivity contribution in [2.45, 2.75) is 0 Å². The Kier molecular flexibility index (Phi) is 7.75. The van der Waals surface area contributed by atoms with E-state index in [1.165, 1.54) is 12.1 Å². The number of hydrogen-bond acceptors (Lipinski definition) is 8. The molecule has 0 saturated heterocycles. The van der Waals surface area contributed by atoms with Gasteiger partial charge < -0.3 is 18.9 Å². The highest BCUT2D eigenvalue weighted by Crippen LogP contribution is 2.27. The molecule has 0 radical (unpaired) electrons. The number of hydrogen-bond donors (Lipinski definition) is 0. The predicted octanol–water partition coefficient (Wildman–Crippen LogP) is 1.06. The van der Waals surface area contributed by atoms with Gasteiger partial charge in [-0.3, -0.25) is 0 Å². The quantitative estimate of drug-likeness (QED) is 0.320. The molecule has 0 atom stereocenters. The summed E-state index contributed by atoms with van der Waals surface area (Å²) in [5.74, 6) is -3.90. The van der Waals surface area contributed by atoms with Gasteiger partial charge in [-0.15, -0.1) is 0 Å². The Morgan fingerprint density at radius 2 is 1.27 bits per heavy atom. The van der Waals surface area contributed by atoms with Crippen LogP contribution in [0, 0.1) is 0 Å². The fourth-order valence-electron chi connectivity index (χ4n) is 2.04. The number of methoxy groups -OCH3 is 4. The molecule has 0 aliphatic carbocycles. The van der Waals surface area contributed by atoms with Crippen LogP contribution in [0.15, 0.2) is 47.6 Å². The van der Waals surface area contributed by atoms with Crippen molar-refractivity contribution in [3.8, 4) is 0 Å². The van der Waals surface area contributed by atoms with E-state index in [0.29, 0.717) is 0 Å². The average molecular weight is 362 g/mol. The third-order valence-corrected chi connectivity index (χ3v) is 3.23. The molecule has 0 N–H and O–H groups in total. The second-order valence-corrected chi connectivity index (χ2v) is 4.67. The van der Waals surface area contributed by atoms with Gasteiger partial charge in [-0.25, -0.2) is 19.2 Å². The summed E-state index contributed by atoms with van der Waals surface area (Å²) in [4.78, 5) is 48.6. The standard InChI is InChI=1S/C18H18O8/c1-23-13(19)10-12(16(20)24-2)15(18(22)26-4)14(17(21)25-3)11-8-6-5-7-9-11/h5-10H,1-4H3/b12-10?,15-14-. The number of carbonyl (C=O) groups excluding carboxylic acids is 4. The molecule has 26 heavy (non-hydrogen) atoms. The number of ether oxygens (including phenoxy) is 4. The molecule has 8 heteroatoms. The van der Waals surface area contributed by atoms with E-state index < -0.39 is 35.0 Å². The molecular formula is C18H18O8. The molecule has 0 heterocycles. The second-order valence-electron chi connectivity index (χ2n) is 4.67. The molecule has 1 aromatic rings. The minimum Gasteiger partial charge on any atom is -0.466 e. The van der Waals surface area contributed by atoms with Crippen LogP contribution < -0.4 is 0 Å². The second kappa shape index (κ2) is 9.77. The molecule has 138 valence electrons. The van der Waals surface area contributed by atoms with Gasteiger partial charge in [0.2, 0.25) is 0 Å². The fourth-order valence-corrected chi connectivity index (χ4v) is 2.04. The number of carbonyl (C=O) groups is 4. The van der Waals surface area contributed by atoms with Gasteiger partial charge in [-0.1, -0.05) is 30.3 Å². The maximum absolute atomic E-state index is 12.4. The summed E-state index contributed by atoms with van der Waals surface area (Å²) in [6.07, 6.45) is 0.740. The lowest BCUT2D eigenvalue weighted by Gasteiger charge is -2.14. The maximum Gasteiger partial charge on any atom is 0.339 e. The smallest absolute Gasteiger partial charge is 0.339 e. The van der Waals surface area contributed by atoms with Gasteiger partial charge in [0.15, 0.2) is 0 Å². The van der Waals surface area contributed by atoms with Crippen LogP contribution in [0.3, 0.4) is 0 Å². The van der Waals surface area contributed by atoms with Crippen molar-refractivity contribution in [2.24, 2.45) is 0 Å². The molecular weight excluding hydrogens is 344 g/mol. The van der Waals surface area contributed by atoms with Gasteiger partial charge in [0.25, 0.3) is 0 Å². The summed E-state index contributed by atoms with van der Waals surface area (Å²) >= 11 is 0. The first kappa shape index (κ1) is 20.6. The average Bonchev–Trinajstić information content (AvgIpc) is 2.69. The molecule has 0 bridgehead atoms. The fraction of sp³-hybridized carbons (Fsp3) is 0.222. The summed E-state index contributed by atoms with van der Waals surface area (Å²) in [5, 5.41) is 0. The summed E-state index contributed by atoms with van der Waals surface area (Å²) < 4.78 is 18.6. The van der Waals surface area contributed by atoms with Crippen LogP contribution in [0.25, 0.3) is 5.57 Å². The van der Waals surface area contributed by atoms with E-state index in [9.17, 15) is 19.2 Å². The van der Waals surface area contributed by atoms with Crippen molar-refractivity contribution >= 4 is 29.5 Å². The van der Waals surface area contributed by atoms with Crippen molar-refractivity contribution in [3.05, 3.63) is 53.1 Å². The van der Waals surface area contributed by atoms with Crippen molar-refractivity contribution < 1.29 is 38.1 Å². The van der Waals surface area contributed by atoms with Crippen LogP contribution in [-0.2, 0) is 38.1 Å². The molecule has 0 aliphatic rings. The van der Waals surface area contributed by atoms with Crippen LogP contribution in [0.1, 0.15) is 5.56 Å². The first-order valence-corrected chi connectivity index (χ1v) is 7.25. The lowest BCUT2D eigenvalue weighted by atomic mass is 9.94. The third-order valence-electron chi connectivity index (χ3n) is 3.23. The third kappa shape index (κ3) is 4.79. The van der Waals surface area contributed by atoms with Crippen LogP contribution in [-0.4, -0.2) is 52.3 Å². The lowest BCUT2D eigenvalue weighted by Crippen LogP contribution is -2.21. The summed E-state index contributed by atoms with van der Waals surface area (Å²) in [6.45, 7) is 0. The topological polar surface area (TPSA) is 105 Å². The van der Waals surface area contributed by atoms with Gasteiger partial charge in [0.05, 0.1) is 45.2 Å². The molecule has 0 unspecified atom stereocenters. The van der Waals surface area contributed by atoms with Crippen molar-refractivity contribution in [1.82, 2.24) is 0 Å². The van der Waals surface area contributed by atoms with E-state index in [1.54, 1.807) is 18.2 Å². The Morgan fingerprint density at radius 1 is 0.731 bits per heavy atom. The van der Waals surface area contributed by atoms with Crippen LogP contribution in [0.5, 0.6) is 0 Å². The monoisotopic (exact) mass is 362 g/mol. The van der Waals surface area contributed by atoms with Gasteiger partial charge in [0.1, 0.15) is 0 Å². The Labute approximate surface area is 150 Å². The normalized spacial score (nSPS) is 11.8. The van der Waals surface area contributed by atoms with Crippen molar-refractivity contribution in [2.75, 3.05) is 28.4 Å². The molecule has 0 aromatic heterocycles. The Balaban J connectivity index is 3.91. The summed E-state index contributed by atoms with van der Waals surface area (Å²) in [6, 6.07) is 8.00. The van der Waals surface area contributed by atoms with E-state index in [0.717, 1.165) is 34.5 Å². The number of rotatable bonds is 6. The van der Waals surface area contributed by atoms with Crippen LogP contribution >= 0.6 is 0 Å². The maximum atomic E-state index is 12.4. The minimum absolute atomic E-state index is 0.263. The predicted molar refractivity (Wildman–Crippen MR) is 89.5 cm³/mol. The Hall–Kier alpha value is -3.42. The summed E-state index contributed by atoms with van der Waals surface area (Å²) in [5.41, 5.74) is -0.974. The molecule has 1 rings (SSSR count). The van der Waals surface area contributed by atoms with Gasteiger partial charge in [0, 0.05) is 6.08 Å². The Bertz CT molecular complexity index is 759. The van der Waals surface area contributed by atoms with Gasteiger partial charge in [-0.2, -0.15) is 0 Å². The molecule has 8 nitrogen and oxygen atoms in total. The molecule has 1 aromatic carbocycles. The zero-order chi connectivity index (χ0) is 19.7. The van der Waals surface area contributed by atoms with Crippen molar-refractivity contribution in [3.63, 3.8) is 0 Å². The van der Waals surface area contributed by atoms with E-state index in [-0.39, 0.29) is 11.1 Å². The first-order valence-electron chi connectivity index (χ1n) is 7.25. The van der Waals surface area contributed by atoms with E-state index in [2.05, 4.69) is 9.47 Å². The van der Waals surface area contributed by atoms with Gasteiger partial charge in [-0.05, 0) is 5.56 Å². The molecule has 0 fully saturated rings.